The molecule has 0 unspecified atom stereocenters. The van der Waals surface area contributed by atoms with E-state index in [1.165, 1.54) is 4.90 Å². The second-order valence-electron chi connectivity index (χ2n) is 13.2. The molecule has 1 aliphatic heterocycles. The number of rotatable bonds is 9. The number of hydrogen-bond acceptors (Lipinski definition) is 5. The molecule has 1 heterocycles. The Hall–Kier alpha value is -5.62. The summed E-state index contributed by atoms with van der Waals surface area (Å²) >= 11 is 0. The highest BCUT2D eigenvalue weighted by molar-refractivity contribution is 6.23. The van der Waals surface area contributed by atoms with E-state index in [2.05, 4.69) is 24.3 Å². The molecule has 3 aliphatic carbocycles. The number of esters is 1. The molecule has 9 rings (SSSR count). The van der Waals surface area contributed by atoms with Crippen molar-refractivity contribution in [2.45, 2.75) is 44.1 Å². The number of imide groups is 1. The van der Waals surface area contributed by atoms with E-state index in [-0.39, 0.29) is 35.0 Å². The van der Waals surface area contributed by atoms with E-state index in [0.29, 0.717) is 17.7 Å². The molecule has 5 aromatic carbocycles. The Morgan fingerprint density at radius 2 is 1.08 bits per heavy atom. The van der Waals surface area contributed by atoms with Crippen molar-refractivity contribution < 1.29 is 23.9 Å². The largest absolute Gasteiger partial charge is 0.450 e. The van der Waals surface area contributed by atoms with Gasteiger partial charge in [0.1, 0.15) is 0 Å². The first-order valence-corrected chi connectivity index (χ1v) is 17.0. The SMILES string of the molecule is CCCC[C@H](OC(=O)c1ccc(N2C(=O)[C@H]3C4c5ccccc5C(c5ccccc54)[C@@H]3C2=O)cc1)C(=O)c1ccc(-c2ccccc2)cc1. The first-order valence-electron chi connectivity index (χ1n) is 17.0. The molecule has 0 N–H and O–H groups in total. The molecule has 3 atom stereocenters. The molecule has 5 aromatic rings. The summed E-state index contributed by atoms with van der Waals surface area (Å²) in [6.07, 6.45) is 1.05. The lowest BCUT2D eigenvalue weighted by molar-refractivity contribution is -0.122. The molecule has 6 heteroatoms. The van der Waals surface area contributed by atoms with Crippen molar-refractivity contribution in [2.75, 3.05) is 4.90 Å². The number of unbranched alkanes of at least 4 members (excludes halogenated alkanes) is 1. The van der Waals surface area contributed by atoms with E-state index in [1.807, 2.05) is 73.7 Å². The summed E-state index contributed by atoms with van der Waals surface area (Å²) in [6.45, 7) is 2.02. The van der Waals surface area contributed by atoms with Gasteiger partial charge < -0.3 is 4.74 Å². The smallest absolute Gasteiger partial charge is 0.338 e. The van der Waals surface area contributed by atoms with E-state index in [1.54, 1.807) is 36.4 Å². The van der Waals surface area contributed by atoms with Crippen molar-refractivity contribution in [1.29, 1.82) is 0 Å². The molecule has 0 spiro atoms. The predicted octanol–water partition coefficient (Wildman–Crippen LogP) is 8.35. The fourth-order valence-corrected chi connectivity index (χ4v) is 8.15. The number of carbonyl (C=O) groups excluding carboxylic acids is 4. The molecule has 0 saturated carbocycles. The average molecular weight is 646 g/mol. The van der Waals surface area contributed by atoms with Crippen LogP contribution in [0, 0.1) is 11.8 Å². The molecule has 0 aromatic heterocycles. The molecular weight excluding hydrogens is 610 g/mol. The van der Waals surface area contributed by atoms with Gasteiger partial charge in [-0.05, 0) is 70.5 Å². The van der Waals surface area contributed by atoms with Crippen molar-refractivity contribution in [2.24, 2.45) is 11.8 Å². The van der Waals surface area contributed by atoms with Crippen molar-refractivity contribution in [3.63, 3.8) is 0 Å². The van der Waals surface area contributed by atoms with Crippen molar-refractivity contribution in [3.05, 3.63) is 161 Å². The summed E-state index contributed by atoms with van der Waals surface area (Å²) in [7, 11) is 0. The lowest BCUT2D eigenvalue weighted by Crippen LogP contribution is -2.41. The lowest BCUT2D eigenvalue weighted by atomic mass is 9.55. The van der Waals surface area contributed by atoms with E-state index in [9.17, 15) is 19.2 Å². The number of anilines is 1. The highest BCUT2D eigenvalue weighted by Crippen LogP contribution is 2.61. The zero-order valence-electron chi connectivity index (χ0n) is 27.1. The Labute approximate surface area is 285 Å². The minimum Gasteiger partial charge on any atom is -0.450 e. The van der Waals surface area contributed by atoms with E-state index in [4.69, 9.17) is 4.74 Å². The number of hydrogen-bond donors (Lipinski definition) is 0. The van der Waals surface area contributed by atoms with Crippen LogP contribution in [0.4, 0.5) is 5.69 Å². The number of ether oxygens (including phenoxy) is 1. The molecule has 242 valence electrons. The maximum absolute atomic E-state index is 14.1. The Morgan fingerprint density at radius 1 is 0.612 bits per heavy atom. The molecule has 1 fully saturated rings. The third-order valence-corrected chi connectivity index (χ3v) is 10.4. The first kappa shape index (κ1) is 30.7. The zero-order valence-corrected chi connectivity index (χ0v) is 27.1. The van der Waals surface area contributed by atoms with E-state index in [0.717, 1.165) is 46.2 Å². The average Bonchev–Trinajstić information content (AvgIpc) is 3.42. The number of benzene rings is 5. The normalized spacial score (nSPS) is 20.7. The van der Waals surface area contributed by atoms with Crippen LogP contribution in [-0.4, -0.2) is 29.7 Å². The minimum absolute atomic E-state index is 0.190. The summed E-state index contributed by atoms with van der Waals surface area (Å²) in [5, 5.41) is 0. The molecule has 49 heavy (non-hydrogen) atoms. The Kier molecular flexibility index (Phi) is 7.79. The van der Waals surface area contributed by atoms with Crippen molar-refractivity contribution >= 4 is 29.3 Å². The van der Waals surface area contributed by atoms with Crippen LogP contribution in [0.3, 0.4) is 0 Å². The van der Waals surface area contributed by atoms with Crippen molar-refractivity contribution in [3.8, 4) is 11.1 Å². The summed E-state index contributed by atoms with van der Waals surface area (Å²) in [5.41, 5.74) is 7.67. The van der Waals surface area contributed by atoms with E-state index < -0.39 is 23.9 Å². The monoisotopic (exact) mass is 645 g/mol. The van der Waals surface area contributed by atoms with Crippen LogP contribution in [0.1, 0.15) is 81.0 Å². The number of nitrogens with zero attached hydrogens (tertiary/aromatic N) is 1. The van der Waals surface area contributed by atoms with Crippen LogP contribution < -0.4 is 4.90 Å². The van der Waals surface area contributed by atoms with Gasteiger partial charge in [-0.25, -0.2) is 9.69 Å². The Morgan fingerprint density at radius 3 is 1.59 bits per heavy atom. The van der Waals surface area contributed by atoms with E-state index >= 15 is 0 Å². The molecular formula is C43H35NO5. The van der Waals surface area contributed by atoms with Gasteiger partial charge >= 0.3 is 5.97 Å². The number of ketones is 1. The Bertz CT molecular complexity index is 1970. The van der Waals surface area contributed by atoms with Crippen LogP contribution in [0.25, 0.3) is 11.1 Å². The van der Waals surface area contributed by atoms with Gasteiger partial charge in [0.05, 0.1) is 23.1 Å². The molecule has 4 aliphatic rings. The summed E-state index contributed by atoms with van der Waals surface area (Å²) < 4.78 is 5.83. The van der Waals surface area contributed by atoms with Crippen molar-refractivity contribution in [1.82, 2.24) is 0 Å². The zero-order chi connectivity index (χ0) is 33.6. The van der Waals surface area contributed by atoms with Gasteiger partial charge in [0.15, 0.2) is 6.10 Å². The summed E-state index contributed by atoms with van der Waals surface area (Å²) in [4.78, 5) is 56.5. The second-order valence-corrected chi connectivity index (χ2v) is 13.2. The lowest BCUT2D eigenvalue weighted by Gasteiger charge is -2.45. The first-order chi connectivity index (χ1) is 24.0. The third-order valence-electron chi connectivity index (χ3n) is 10.4. The highest BCUT2D eigenvalue weighted by atomic mass is 16.5. The fourth-order valence-electron chi connectivity index (χ4n) is 8.15. The molecule has 1 saturated heterocycles. The van der Waals surface area contributed by atoms with Crippen LogP contribution in [0.15, 0.2) is 127 Å². The number of amides is 2. The van der Waals surface area contributed by atoms with Gasteiger partial charge in [-0.2, -0.15) is 0 Å². The number of carbonyl (C=O) groups is 4. The van der Waals surface area contributed by atoms with Crippen LogP contribution in [-0.2, 0) is 14.3 Å². The maximum Gasteiger partial charge on any atom is 0.338 e. The van der Waals surface area contributed by atoms with Gasteiger partial charge in [-0.3, -0.25) is 14.4 Å². The van der Waals surface area contributed by atoms with Gasteiger partial charge in [-0.15, -0.1) is 0 Å². The molecule has 0 radical (unpaired) electrons. The Balaban J connectivity index is 1.01. The number of Topliss-reactive ketones (excluding diaryl/α,β-unsaturated/α-hetero) is 1. The van der Waals surface area contributed by atoms with Gasteiger partial charge in [0.2, 0.25) is 17.6 Å². The van der Waals surface area contributed by atoms with Gasteiger partial charge in [0.25, 0.3) is 0 Å². The molecule has 2 amide bonds. The van der Waals surface area contributed by atoms with Gasteiger partial charge in [0, 0.05) is 17.4 Å². The van der Waals surface area contributed by atoms with Crippen LogP contribution in [0.5, 0.6) is 0 Å². The second kappa shape index (κ2) is 12.4. The topological polar surface area (TPSA) is 80.8 Å². The third kappa shape index (κ3) is 5.10. The molecule has 6 nitrogen and oxygen atoms in total. The van der Waals surface area contributed by atoms with Crippen LogP contribution >= 0.6 is 0 Å². The minimum atomic E-state index is -0.932. The standard InChI is InChI=1S/C43H35NO5/c1-2-3-17-35(40(45)28-20-18-27(19-21-28)26-11-5-4-6-12-26)49-43(48)29-22-24-30(25-23-29)44-41(46)38-36-31-13-7-8-14-32(31)37(39(38)42(44)47)34-16-10-9-15-33(34)36/h4-16,18-25,35-39H,2-3,17H2,1H3/t35-,36?,37?,38-,39-/m0/s1. The van der Waals surface area contributed by atoms with Crippen LogP contribution in [0.2, 0.25) is 0 Å². The highest BCUT2D eigenvalue weighted by Gasteiger charge is 2.61. The fraction of sp³-hybridized carbons (Fsp3) is 0.209. The summed E-state index contributed by atoms with van der Waals surface area (Å²) in [5.74, 6) is -2.65. The quantitative estimate of drug-likeness (QED) is 0.0915. The summed E-state index contributed by atoms with van der Waals surface area (Å²) in [6, 6.07) is 40.0. The maximum atomic E-state index is 14.1. The molecule has 2 bridgehead atoms. The van der Waals surface area contributed by atoms with Gasteiger partial charge in [-0.1, -0.05) is 116 Å². The predicted molar refractivity (Wildman–Crippen MR) is 187 cm³/mol.